The predicted octanol–water partition coefficient (Wildman–Crippen LogP) is 3.22. The molecule has 0 fully saturated rings. The van der Waals surface area contributed by atoms with Crippen molar-refractivity contribution >= 4 is 0 Å². The summed E-state index contributed by atoms with van der Waals surface area (Å²) in [6.07, 6.45) is -1.22. The van der Waals surface area contributed by atoms with Crippen molar-refractivity contribution < 1.29 is 17.6 Å². The van der Waals surface area contributed by atoms with E-state index in [2.05, 4.69) is 10.4 Å². The summed E-state index contributed by atoms with van der Waals surface area (Å²) in [5, 5.41) is 7.13. The van der Waals surface area contributed by atoms with Crippen molar-refractivity contribution in [3.05, 3.63) is 53.6 Å². The van der Waals surface area contributed by atoms with Crippen LogP contribution in [0.3, 0.4) is 0 Å². The highest BCUT2D eigenvalue weighted by Gasteiger charge is 2.34. The molecule has 7 heteroatoms. The van der Waals surface area contributed by atoms with E-state index in [1.54, 1.807) is 23.1 Å². The summed E-state index contributed by atoms with van der Waals surface area (Å²) < 4.78 is 52.7. The van der Waals surface area contributed by atoms with Crippen molar-refractivity contribution in [3.8, 4) is 0 Å². The molecule has 0 saturated heterocycles. The molecule has 0 aliphatic carbocycles. The number of aromatic nitrogens is 2. The molecule has 2 aromatic rings. The number of nitrogens with zero attached hydrogens (tertiary/aromatic N) is 2. The van der Waals surface area contributed by atoms with Crippen LogP contribution in [0.1, 0.15) is 18.1 Å². The molecule has 0 saturated carbocycles. The summed E-state index contributed by atoms with van der Waals surface area (Å²) in [5.74, 6) is -1.25. The molecule has 2 rings (SSSR count). The van der Waals surface area contributed by atoms with E-state index in [0.717, 1.165) is 12.1 Å². The van der Waals surface area contributed by atoms with Crippen LogP contribution in [0.15, 0.2) is 36.7 Å². The predicted molar refractivity (Wildman–Crippen MR) is 69.9 cm³/mol. The average Bonchev–Trinajstić information content (AvgIpc) is 2.89. The van der Waals surface area contributed by atoms with Crippen LogP contribution in [0.25, 0.3) is 0 Å². The lowest BCUT2D eigenvalue weighted by Crippen LogP contribution is -2.30. The van der Waals surface area contributed by atoms with Gasteiger partial charge in [-0.25, -0.2) is 4.39 Å². The summed E-state index contributed by atoms with van der Waals surface area (Å²) in [5.41, 5.74) is -0.849. The fraction of sp³-hybridized carbons (Fsp3) is 0.357. The van der Waals surface area contributed by atoms with Crippen LogP contribution in [0, 0.1) is 5.82 Å². The Bertz CT molecular complexity index is 578. The monoisotopic (exact) mass is 301 g/mol. The highest BCUT2D eigenvalue weighted by molar-refractivity contribution is 5.27. The third-order valence-electron chi connectivity index (χ3n) is 3.01. The molecule has 0 amide bonds. The van der Waals surface area contributed by atoms with Gasteiger partial charge < -0.3 is 5.32 Å². The Morgan fingerprint density at radius 1 is 1.33 bits per heavy atom. The van der Waals surface area contributed by atoms with Gasteiger partial charge in [0.1, 0.15) is 5.82 Å². The van der Waals surface area contributed by atoms with Crippen molar-refractivity contribution in [2.24, 2.45) is 0 Å². The van der Waals surface area contributed by atoms with Crippen LogP contribution in [-0.2, 0) is 19.3 Å². The lowest BCUT2D eigenvalue weighted by molar-refractivity contribution is -0.140. The number of nitrogens with one attached hydrogen (secondary N) is 1. The molecule has 3 nitrogen and oxygen atoms in total. The summed E-state index contributed by atoms with van der Waals surface area (Å²) in [6, 6.07) is 4.84. The molecular formula is C14H15F4N3. The van der Waals surface area contributed by atoms with E-state index in [0.29, 0.717) is 12.1 Å². The fourth-order valence-electron chi connectivity index (χ4n) is 1.95. The van der Waals surface area contributed by atoms with Gasteiger partial charge in [-0.05, 0) is 30.7 Å². The normalized spacial score (nSPS) is 13.4. The van der Waals surface area contributed by atoms with Crippen LogP contribution >= 0.6 is 0 Å². The Balaban J connectivity index is 1.97. The maximum atomic E-state index is 13.2. The van der Waals surface area contributed by atoms with Crippen LogP contribution in [0.2, 0.25) is 0 Å². The van der Waals surface area contributed by atoms with Crippen molar-refractivity contribution in [2.45, 2.75) is 32.2 Å². The molecule has 0 aliphatic heterocycles. The van der Waals surface area contributed by atoms with Gasteiger partial charge in [-0.2, -0.15) is 18.3 Å². The molecule has 1 aromatic heterocycles. The Morgan fingerprint density at radius 3 is 2.71 bits per heavy atom. The summed E-state index contributed by atoms with van der Waals surface area (Å²) in [4.78, 5) is 0. The number of alkyl halides is 3. The molecule has 1 N–H and O–H groups in total. The molecule has 0 spiro atoms. The maximum Gasteiger partial charge on any atom is 0.419 e. The summed E-state index contributed by atoms with van der Waals surface area (Å²) >= 11 is 0. The first-order valence-electron chi connectivity index (χ1n) is 6.42. The number of hydrogen-bond donors (Lipinski definition) is 1. The van der Waals surface area contributed by atoms with Crippen LogP contribution in [0.4, 0.5) is 17.6 Å². The largest absolute Gasteiger partial charge is 0.419 e. The first kappa shape index (κ1) is 15.5. The van der Waals surface area contributed by atoms with E-state index >= 15 is 0 Å². The molecule has 1 atom stereocenters. The average molecular weight is 301 g/mol. The Morgan fingerprint density at radius 2 is 2.10 bits per heavy atom. The van der Waals surface area contributed by atoms with E-state index in [4.69, 9.17) is 0 Å². The van der Waals surface area contributed by atoms with E-state index in [1.165, 1.54) is 6.07 Å². The van der Waals surface area contributed by atoms with Crippen molar-refractivity contribution in [1.82, 2.24) is 15.1 Å². The Hall–Kier alpha value is -1.89. The summed E-state index contributed by atoms with van der Waals surface area (Å²) in [6.45, 7) is 2.72. The first-order chi connectivity index (χ1) is 9.86. The van der Waals surface area contributed by atoms with Crippen molar-refractivity contribution in [1.29, 1.82) is 0 Å². The molecule has 1 heterocycles. The maximum absolute atomic E-state index is 13.2. The topological polar surface area (TPSA) is 29.9 Å². The Labute approximate surface area is 119 Å². The van der Waals surface area contributed by atoms with Gasteiger partial charge in [0.25, 0.3) is 0 Å². The molecule has 0 aliphatic rings. The van der Waals surface area contributed by atoms with Gasteiger partial charge in [0, 0.05) is 25.0 Å². The number of halogens is 4. The number of hydrogen-bond acceptors (Lipinski definition) is 2. The molecule has 114 valence electrons. The van der Waals surface area contributed by atoms with Crippen molar-refractivity contribution in [3.63, 3.8) is 0 Å². The van der Waals surface area contributed by atoms with Gasteiger partial charge in [0.2, 0.25) is 0 Å². The van der Waals surface area contributed by atoms with Gasteiger partial charge >= 0.3 is 6.18 Å². The van der Waals surface area contributed by atoms with Gasteiger partial charge in [-0.15, -0.1) is 0 Å². The minimum Gasteiger partial charge on any atom is -0.308 e. The second kappa shape index (κ2) is 6.26. The molecule has 21 heavy (non-hydrogen) atoms. The van der Waals surface area contributed by atoms with Gasteiger partial charge in [-0.1, -0.05) is 6.07 Å². The fourth-order valence-corrected chi connectivity index (χ4v) is 1.95. The standard InChI is InChI=1S/C14H15F4N3/c1-10(9-21-6-2-5-20-21)19-8-11-3-4-13(15)12(7-11)14(16,17)18/h2-7,10,19H,8-9H2,1H3. The first-order valence-corrected chi connectivity index (χ1v) is 6.42. The minimum atomic E-state index is -4.68. The molecule has 1 unspecified atom stereocenters. The molecule has 0 bridgehead atoms. The zero-order chi connectivity index (χ0) is 15.5. The third kappa shape index (κ3) is 4.29. The van der Waals surface area contributed by atoms with E-state index in [9.17, 15) is 17.6 Å². The quantitative estimate of drug-likeness (QED) is 0.859. The second-order valence-electron chi connectivity index (χ2n) is 4.82. The minimum absolute atomic E-state index is 0.0179. The zero-order valence-corrected chi connectivity index (χ0v) is 11.4. The van der Waals surface area contributed by atoms with E-state index in [1.807, 2.05) is 6.92 Å². The lowest BCUT2D eigenvalue weighted by atomic mass is 10.1. The van der Waals surface area contributed by atoms with Gasteiger partial charge in [0.05, 0.1) is 12.1 Å². The van der Waals surface area contributed by atoms with Crippen LogP contribution < -0.4 is 5.32 Å². The summed E-state index contributed by atoms with van der Waals surface area (Å²) in [7, 11) is 0. The number of benzene rings is 1. The highest BCUT2D eigenvalue weighted by atomic mass is 19.4. The van der Waals surface area contributed by atoms with Crippen molar-refractivity contribution in [2.75, 3.05) is 0 Å². The lowest BCUT2D eigenvalue weighted by Gasteiger charge is -2.15. The van der Waals surface area contributed by atoms with Crippen LogP contribution in [-0.4, -0.2) is 15.8 Å². The SMILES string of the molecule is CC(Cn1cccn1)NCc1ccc(F)c(C(F)(F)F)c1. The molecule has 1 aromatic carbocycles. The Kier molecular flexibility index (Phi) is 4.62. The highest BCUT2D eigenvalue weighted by Crippen LogP contribution is 2.31. The van der Waals surface area contributed by atoms with E-state index < -0.39 is 17.6 Å². The molecular weight excluding hydrogens is 286 g/mol. The molecule has 0 radical (unpaired) electrons. The third-order valence-corrected chi connectivity index (χ3v) is 3.01. The van der Waals surface area contributed by atoms with Crippen LogP contribution in [0.5, 0.6) is 0 Å². The smallest absolute Gasteiger partial charge is 0.308 e. The van der Waals surface area contributed by atoms with Gasteiger partial charge in [0.15, 0.2) is 0 Å². The number of rotatable bonds is 5. The zero-order valence-electron chi connectivity index (χ0n) is 11.4. The van der Waals surface area contributed by atoms with E-state index in [-0.39, 0.29) is 12.6 Å². The second-order valence-corrected chi connectivity index (χ2v) is 4.82. The van der Waals surface area contributed by atoms with Gasteiger partial charge in [-0.3, -0.25) is 4.68 Å².